The van der Waals surface area contributed by atoms with Crippen LogP contribution in [0.2, 0.25) is 0 Å². The fourth-order valence-electron chi connectivity index (χ4n) is 2.42. The van der Waals surface area contributed by atoms with Gasteiger partial charge in [-0.3, -0.25) is 25.2 Å². The average Bonchev–Trinajstić information content (AvgIpc) is 3.15. The summed E-state index contributed by atoms with van der Waals surface area (Å²) in [4.78, 5) is 35.6. The van der Waals surface area contributed by atoms with E-state index < -0.39 is 11.8 Å². The molecule has 2 N–H and O–H groups in total. The van der Waals surface area contributed by atoms with Crippen LogP contribution in [0.15, 0.2) is 70.0 Å². The molecular formula is C20H19N3O5. The standard InChI is InChI=1S/C20H19N3O5/c1-14-5-4-6-15(11-14)27-13-18(24)21-22-20(26)17-9-8-16(28-17)12-23-10-3-2-7-19(23)25/h2-11H,12-13H2,1H3,(H,21,24)(H,22,26). The molecule has 2 aromatic heterocycles. The highest BCUT2D eigenvalue weighted by atomic mass is 16.5. The number of hydrogen-bond acceptors (Lipinski definition) is 5. The van der Waals surface area contributed by atoms with E-state index in [0.29, 0.717) is 11.5 Å². The third-order valence-corrected chi connectivity index (χ3v) is 3.79. The summed E-state index contributed by atoms with van der Waals surface area (Å²) in [5, 5.41) is 0. The molecule has 3 aromatic rings. The number of carbonyl (C=O) groups excluding carboxylic acids is 2. The van der Waals surface area contributed by atoms with Crippen LogP contribution in [0.1, 0.15) is 21.9 Å². The van der Waals surface area contributed by atoms with E-state index in [2.05, 4.69) is 10.9 Å². The maximum absolute atomic E-state index is 12.1. The second-order valence-corrected chi connectivity index (χ2v) is 6.04. The Kier molecular flexibility index (Phi) is 5.91. The molecule has 144 valence electrons. The number of hydrazine groups is 1. The zero-order valence-electron chi connectivity index (χ0n) is 15.2. The molecule has 0 atom stereocenters. The predicted molar refractivity (Wildman–Crippen MR) is 101 cm³/mol. The van der Waals surface area contributed by atoms with Crippen molar-refractivity contribution in [1.82, 2.24) is 15.4 Å². The monoisotopic (exact) mass is 381 g/mol. The summed E-state index contributed by atoms with van der Waals surface area (Å²) >= 11 is 0. The van der Waals surface area contributed by atoms with Crippen LogP contribution in [-0.4, -0.2) is 23.0 Å². The van der Waals surface area contributed by atoms with Gasteiger partial charge in [0.1, 0.15) is 11.5 Å². The van der Waals surface area contributed by atoms with Gasteiger partial charge in [-0.05, 0) is 42.8 Å². The van der Waals surface area contributed by atoms with Crippen molar-refractivity contribution in [2.75, 3.05) is 6.61 Å². The Hall–Kier alpha value is -3.81. The smallest absolute Gasteiger partial charge is 0.305 e. The molecule has 2 amide bonds. The van der Waals surface area contributed by atoms with E-state index in [1.54, 1.807) is 36.5 Å². The number of nitrogens with one attached hydrogen (secondary N) is 2. The number of hydrogen-bond donors (Lipinski definition) is 2. The molecule has 0 saturated carbocycles. The summed E-state index contributed by atoms with van der Waals surface area (Å²) in [7, 11) is 0. The molecule has 0 saturated heterocycles. The fourth-order valence-corrected chi connectivity index (χ4v) is 2.42. The number of furan rings is 1. The first-order valence-electron chi connectivity index (χ1n) is 8.54. The number of aryl methyl sites for hydroxylation is 1. The third kappa shape index (κ3) is 5.10. The largest absolute Gasteiger partial charge is 0.484 e. The number of benzene rings is 1. The first-order valence-corrected chi connectivity index (χ1v) is 8.54. The summed E-state index contributed by atoms with van der Waals surface area (Å²) in [6.45, 7) is 1.87. The van der Waals surface area contributed by atoms with Crippen molar-refractivity contribution in [3.05, 3.63) is 88.2 Å². The zero-order valence-corrected chi connectivity index (χ0v) is 15.2. The topological polar surface area (TPSA) is 103 Å². The van der Waals surface area contributed by atoms with Gasteiger partial charge >= 0.3 is 5.91 Å². The molecule has 0 aliphatic rings. The van der Waals surface area contributed by atoms with Gasteiger partial charge in [-0.1, -0.05) is 18.2 Å². The third-order valence-electron chi connectivity index (χ3n) is 3.79. The van der Waals surface area contributed by atoms with Gasteiger partial charge in [0.05, 0.1) is 6.54 Å². The minimum Gasteiger partial charge on any atom is -0.484 e. The Morgan fingerprint density at radius 2 is 1.93 bits per heavy atom. The first kappa shape index (κ1) is 19.0. The van der Waals surface area contributed by atoms with Crippen LogP contribution in [0, 0.1) is 6.92 Å². The highest BCUT2D eigenvalue weighted by Crippen LogP contribution is 2.12. The fraction of sp³-hybridized carbons (Fsp3) is 0.150. The molecule has 0 bridgehead atoms. The van der Waals surface area contributed by atoms with E-state index in [-0.39, 0.29) is 24.5 Å². The van der Waals surface area contributed by atoms with Gasteiger partial charge in [-0.25, -0.2) is 0 Å². The van der Waals surface area contributed by atoms with Crippen molar-refractivity contribution < 1.29 is 18.7 Å². The Labute approximate surface area is 160 Å². The maximum Gasteiger partial charge on any atom is 0.305 e. The lowest BCUT2D eigenvalue weighted by Gasteiger charge is -2.08. The van der Waals surface area contributed by atoms with Crippen LogP contribution in [-0.2, 0) is 11.3 Å². The van der Waals surface area contributed by atoms with Crippen LogP contribution in [0.4, 0.5) is 0 Å². The van der Waals surface area contributed by atoms with Crippen LogP contribution in [0.3, 0.4) is 0 Å². The molecule has 3 rings (SSSR count). The van der Waals surface area contributed by atoms with Crippen LogP contribution in [0.5, 0.6) is 5.75 Å². The van der Waals surface area contributed by atoms with Gasteiger partial charge in [0.25, 0.3) is 11.5 Å². The SMILES string of the molecule is Cc1cccc(OCC(=O)NNC(=O)c2ccc(Cn3ccccc3=O)o2)c1. The van der Waals surface area contributed by atoms with Crippen molar-refractivity contribution in [1.29, 1.82) is 0 Å². The van der Waals surface area contributed by atoms with E-state index in [1.807, 2.05) is 19.1 Å². The van der Waals surface area contributed by atoms with Crippen LogP contribution < -0.4 is 21.1 Å². The number of rotatable bonds is 6. The van der Waals surface area contributed by atoms with E-state index in [1.165, 1.54) is 16.7 Å². The molecule has 1 aromatic carbocycles. The molecule has 8 nitrogen and oxygen atoms in total. The van der Waals surface area contributed by atoms with Gasteiger partial charge in [0, 0.05) is 12.3 Å². The van der Waals surface area contributed by atoms with Crippen molar-refractivity contribution in [2.24, 2.45) is 0 Å². The first-order chi connectivity index (χ1) is 13.5. The molecule has 0 aliphatic heterocycles. The van der Waals surface area contributed by atoms with Gasteiger partial charge in [-0.15, -0.1) is 0 Å². The van der Waals surface area contributed by atoms with Crippen molar-refractivity contribution in [3.8, 4) is 5.75 Å². The lowest BCUT2D eigenvalue weighted by atomic mass is 10.2. The molecule has 28 heavy (non-hydrogen) atoms. The Morgan fingerprint density at radius 1 is 1.07 bits per heavy atom. The molecule has 0 aliphatic carbocycles. The Morgan fingerprint density at radius 3 is 2.71 bits per heavy atom. The van der Waals surface area contributed by atoms with E-state index in [0.717, 1.165) is 5.56 Å². The lowest BCUT2D eigenvalue weighted by molar-refractivity contribution is -0.123. The molecule has 0 spiro atoms. The Bertz CT molecular complexity index is 1040. The average molecular weight is 381 g/mol. The van der Waals surface area contributed by atoms with Gasteiger partial charge in [-0.2, -0.15) is 0 Å². The summed E-state index contributed by atoms with van der Waals surface area (Å²) in [6, 6.07) is 15.1. The minimum absolute atomic E-state index is 0.0129. The zero-order chi connectivity index (χ0) is 19.9. The maximum atomic E-state index is 12.1. The van der Waals surface area contributed by atoms with E-state index in [9.17, 15) is 14.4 Å². The molecule has 0 radical (unpaired) electrons. The molecular weight excluding hydrogens is 362 g/mol. The number of amides is 2. The number of nitrogens with zero attached hydrogens (tertiary/aromatic N) is 1. The van der Waals surface area contributed by atoms with Crippen LogP contribution in [0.25, 0.3) is 0 Å². The number of carbonyl (C=O) groups is 2. The van der Waals surface area contributed by atoms with Crippen molar-refractivity contribution in [3.63, 3.8) is 0 Å². The van der Waals surface area contributed by atoms with Gasteiger partial charge in [0.2, 0.25) is 0 Å². The normalized spacial score (nSPS) is 10.3. The summed E-state index contributed by atoms with van der Waals surface area (Å²) in [5.74, 6) is -0.118. The molecule has 0 fully saturated rings. The summed E-state index contributed by atoms with van der Waals surface area (Å²) in [6.07, 6.45) is 1.62. The van der Waals surface area contributed by atoms with E-state index in [4.69, 9.17) is 9.15 Å². The summed E-state index contributed by atoms with van der Waals surface area (Å²) < 4.78 is 12.2. The quantitative estimate of drug-likeness (QED) is 0.632. The van der Waals surface area contributed by atoms with Crippen molar-refractivity contribution >= 4 is 11.8 Å². The number of ether oxygens (including phenoxy) is 1. The number of pyridine rings is 1. The van der Waals surface area contributed by atoms with Gasteiger partial charge < -0.3 is 13.7 Å². The second kappa shape index (κ2) is 8.72. The Balaban J connectivity index is 1.48. The molecule has 0 unspecified atom stereocenters. The molecule has 8 heteroatoms. The lowest BCUT2D eigenvalue weighted by Crippen LogP contribution is -2.43. The second-order valence-electron chi connectivity index (χ2n) is 6.04. The summed E-state index contributed by atoms with van der Waals surface area (Å²) in [5.41, 5.74) is 5.35. The van der Waals surface area contributed by atoms with Gasteiger partial charge in [0.15, 0.2) is 12.4 Å². The van der Waals surface area contributed by atoms with Crippen molar-refractivity contribution in [2.45, 2.75) is 13.5 Å². The predicted octanol–water partition coefficient (Wildman–Crippen LogP) is 1.64. The van der Waals surface area contributed by atoms with E-state index >= 15 is 0 Å². The number of aromatic nitrogens is 1. The highest BCUT2D eigenvalue weighted by Gasteiger charge is 2.13. The highest BCUT2D eigenvalue weighted by molar-refractivity contribution is 5.93. The van der Waals surface area contributed by atoms with Crippen LogP contribution >= 0.6 is 0 Å². The minimum atomic E-state index is -0.615. The molecule has 2 heterocycles.